The van der Waals surface area contributed by atoms with Crippen molar-refractivity contribution in [3.63, 3.8) is 0 Å². The maximum absolute atomic E-state index is 12.1. The van der Waals surface area contributed by atoms with E-state index in [4.69, 9.17) is 9.47 Å². The van der Waals surface area contributed by atoms with Gasteiger partial charge in [0.2, 0.25) is 0 Å². The fourth-order valence-electron chi connectivity index (χ4n) is 3.69. The van der Waals surface area contributed by atoms with Crippen LogP contribution in [-0.2, 0) is 19.4 Å². The van der Waals surface area contributed by atoms with Gasteiger partial charge in [-0.3, -0.25) is 0 Å². The molecule has 6 nitrogen and oxygen atoms in total. The summed E-state index contributed by atoms with van der Waals surface area (Å²) in [5, 5.41) is 0. The van der Waals surface area contributed by atoms with E-state index >= 15 is 0 Å². The minimum atomic E-state index is -2.90. The van der Waals surface area contributed by atoms with Gasteiger partial charge in [0.05, 0.1) is 18.6 Å². The van der Waals surface area contributed by atoms with Crippen molar-refractivity contribution >= 4 is 21.5 Å². The number of nitrogens with zero attached hydrogens (tertiary/aromatic N) is 1. The van der Waals surface area contributed by atoms with Gasteiger partial charge < -0.3 is 14.4 Å². The predicted molar refractivity (Wildman–Crippen MR) is 121 cm³/mol. The molecule has 1 atom stereocenters. The molecule has 1 heterocycles. The zero-order valence-electron chi connectivity index (χ0n) is 18.5. The highest BCUT2D eigenvalue weighted by molar-refractivity contribution is 7.91. The number of rotatable bonds is 13. The van der Waals surface area contributed by atoms with Crippen LogP contribution in [-0.4, -0.2) is 52.2 Å². The van der Waals surface area contributed by atoms with Crippen molar-refractivity contribution in [3.8, 4) is 5.75 Å². The zero-order valence-corrected chi connectivity index (χ0v) is 19.3. The first-order chi connectivity index (χ1) is 14.4. The van der Waals surface area contributed by atoms with Crippen molar-refractivity contribution in [2.75, 3.05) is 36.6 Å². The summed E-state index contributed by atoms with van der Waals surface area (Å²) in [6.45, 7) is 3.23. The number of carbonyl (C=O) groups excluding carboxylic acids is 1. The van der Waals surface area contributed by atoms with Gasteiger partial charge in [-0.15, -0.1) is 0 Å². The van der Waals surface area contributed by atoms with Crippen molar-refractivity contribution < 1.29 is 22.7 Å². The highest BCUT2D eigenvalue weighted by Gasteiger charge is 2.23. The molecule has 0 aromatic heterocycles. The van der Waals surface area contributed by atoms with Gasteiger partial charge >= 0.3 is 5.97 Å². The molecular formula is C23H37NO5S. The number of ether oxygens (including phenoxy) is 2. The van der Waals surface area contributed by atoms with E-state index in [0.29, 0.717) is 25.3 Å². The minimum absolute atomic E-state index is 0.189. The molecule has 1 fully saturated rings. The summed E-state index contributed by atoms with van der Waals surface area (Å²) in [6, 6.07) is 7.50. The Bertz CT molecular complexity index is 718. The van der Waals surface area contributed by atoms with E-state index in [2.05, 4.69) is 11.8 Å². The monoisotopic (exact) mass is 439 g/mol. The third kappa shape index (κ3) is 8.54. The highest BCUT2D eigenvalue weighted by atomic mass is 32.2. The van der Waals surface area contributed by atoms with Crippen LogP contribution in [0.1, 0.15) is 64.7 Å². The number of carbonyl (C=O) groups is 1. The second-order valence-corrected chi connectivity index (χ2v) is 10.3. The van der Waals surface area contributed by atoms with Gasteiger partial charge in [0.15, 0.2) is 15.9 Å². The second-order valence-electron chi connectivity index (χ2n) is 8.03. The number of hydrogen-bond acceptors (Lipinski definition) is 6. The lowest BCUT2D eigenvalue weighted by Crippen LogP contribution is -2.40. The van der Waals surface area contributed by atoms with Crippen LogP contribution < -0.4 is 9.64 Å². The molecule has 1 saturated heterocycles. The lowest BCUT2D eigenvalue weighted by Gasteiger charge is -2.28. The highest BCUT2D eigenvalue weighted by Crippen LogP contribution is 2.23. The number of sulfone groups is 1. The second kappa shape index (κ2) is 12.8. The molecule has 0 saturated carbocycles. The summed E-state index contributed by atoms with van der Waals surface area (Å²) in [6.07, 6.45) is 9.71. The van der Waals surface area contributed by atoms with Crippen molar-refractivity contribution in [3.05, 3.63) is 24.3 Å². The Kier molecular flexibility index (Phi) is 10.5. The number of esters is 1. The molecule has 0 spiro atoms. The molecule has 0 bridgehead atoms. The van der Waals surface area contributed by atoms with Crippen LogP contribution in [0.5, 0.6) is 5.75 Å². The molecule has 1 aromatic rings. The van der Waals surface area contributed by atoms with Crippen LogP contribution in [0.2, 0.25) is 0 Å². The standard InChI is InChI=1S/C23H37NO5S/c1-3-4-5-6-7-8-9-10-11-22(23(25)28-2)29-21-14-12-20(13-15-21)24-16-18-30(26,27)19-17-24/h12-15,22H,3-11,16-19H2,1-2H3. The Balaban J connectivity index is 1.79. The maximum Gasteiger partial charge on any atom is 0.347 e. The summed E-state index contributed by atoms with van der Waals surface area (Å²) < 4.78 is 34.0. The van der Waals surface area contributed by atoms with Gasteiger partial charge in [0, 0.05) is 18.8 Å². The first-order valence-corrected chi connectivity index (χ1v) is 13.1. The van der Waals surface area contributed by atoms with Gasteiger partial charge in [-0.1, -0.05) is 51.9 Å². The van der Waals surface area contributed by atoms with Crippen LogP contribution in [0.25, 0.3) is 0 Å². The largest absolute Gasteiger partial charge is 0.479 e. The van der Waals surface area contributed by atoms with E-state index in [1.807, 2.05) is 24.3 Å². The lowest BCUT2D eigenvalue weighted by atomic mass is 10.1. The molecule has 0 N–H and O–H groups in total. The number of benzene rings is 1. The molecule has 0 radical (unpaired) electrons. The van der Waals surface area contributed by atoms with Crippen LogP contribution in [0.4, 0.5) is 5.69 Å². The van der Waals surface area contributed by atoms with Crippen LogP contribution in [0.3, 0.4) is 0 Å². The number of unbranched alkanes of at least 4 members (excludes halogenated alkanes) is 7. The average Bonchev–Trinajstić information content (AvgIpc) is 2.75. The van der Waals surface area contributed by atoms with Gasteiger partial charge in [-0.2, -0.15) is 0 Å². The number of methoxy groups -OCH3 is 1. The Hall–Kier alpha value is -1.76. The zero-order chi connectivity index (χ0) is 21.8. The smallest absolute Gasteiger partial charge is 0.347 e. The van der Waals surface area contributed by atoms with Gasteiger partial charge in [0.1, 0.15) is 5.75 Å². The molecule has 1 aromatic carbocycles. The molecule has 1 aliphatic rings. The Morgan fingerprint density at radius 1 is 0.967 bits per heavy atom. The molecule has 0 aliphatic carbocycles. The van der Waals surface area contributed by atoms with Gasteiger partial charge in [-0.05, 0) is 37.1 Å². The van der Waals surface area contributed by atoms with E-state index in [9.17, 15) is 13.2 Å². The molecule has 0 amide bonds. The normalized spacial score (nSPS) is 16.8. The molecule has 2 rings (SSSR count). The summed E-state index contributed by atoms with van der Waals surface area (Å²) in [4.78, 5) is 14.2. The minimum Gasteiger partial charge on any atom is -0.479 e. The first-order valence-electron chi connectivity index (χ1n) is 11.2. The summed E-state index contributed by atoms with van der Waals surface area (Å²) >= 11 is 0. The fourth-order valence-corrected chi connectivity index (χ4v) is 4.89. The molecular weight excluding hydrogens is 402 g/mol. The number of anilines is 1. The predicted octanol–water partition coefficient (Wildman–Crippen LogP) is 4.37. The third-order valence-corrected chi connectivity index (χ3v) is 7.22. The molecule has 30 heavy (non-hydrogen) atoms. The van der Waals surface area contributed by atoms with Crippen molar-refractivity contribution in [1.82, 2.24) is 0 Å². The topological polar surface area (TPSA) is 72.9 Å². The average molecular weight is 440 g/mol. The van der Waals surface area contributed by atoms with Gasteiger partial charge in [-0.25, -0.2) is 13.2 Å². The van der Waals surface area contributed by atoms with Crippen molar-refractivity contribution in [2.24, 2.45) is 0 Å². The Morgan fingerprint density at radius 3 is 2.10 bits per heavy atom. The SMILES string of the molecule is CCCCCCCCCCC(Oc1ccc(N2CCS(=O)(=O)CC2)cc1)C(=O)OC. The van der Waals surface area contributed by atoms with E-state index in [-0.39, 0.29) is 17.5 Å². The summed E-state index contributed by atoms with van der Waals surface area (Å²) in [5.41, 5.74) is 0.968. The van der Waals surface area contributed by atoms with E-state index < -0.39 is 15.9 Å². The number of hydrogen-bond donors (Lipinski definition) is 0. The van der Waals surface area contributed by atoms with E-state index in [1.54, 1.807) is 0 Å². The molecule has 1 unspecified atom stereocenters. The van der Waals surface area contributed by atoms with Crippen LogP contribution in [0, 0.1) is 0 Å². The molecule has 1 aliphatic heterocycles. The first kappa shape index (κ1) is 24.5. The van der Waals surface area contributed by atoms with Crippen molar-refractivity contribution in [2.45, 2.75) is 70.8 Å². The molecule has 170 valence electrons. The van der Waals surface area contributed by atoms with E-state index in [0.717, 1.165) is 18.5 Å². The summed E-state index contributed by atoms with van der Waals surface area (Å²) in [5.74, 6) is 0.657. The van der Waals surface area contributed by atoms with Crippen LogP contribution in [0.15, 0.2) is 24.3 Å². The maximum atomic E-state index is 12.1. The van der Waals surface area contributed by atoms with E-state index in [1.165, 1.54) is 45.6 Å². The summed E-state index contributed by atoms with van der Waals surface area (Å²) in [7, 11) is -1.51. The fraction of sp³-hybridized carbons (Fsp3) is 0.696. The Labute approximate surface area is 181 Å². The van der Waals surface area contributed by atoms with Crippen molar-refractivity contribution in [1.29, 1.82) is 0 Å². The van der Waals surface area contributed by atoms with Gasteiger partial charge in [0.25, 0.3) is 0 Å². The lowest BCUT2D eigenvalue weighted by molar-refractivity contribution is -0.149. The van der Waals surface area contributed by atoms with Crippen LogP contribution >= 0.6 is 0 Å². The third-order valence-electron chi connectivity index (χ3n) is 5.61. The molecule has 7 heteroatoms. The Morgan fingerprint density at radius 2 is 1.53 bits per heavy atom. The quantitative estimate of drug-likeness (QED) is 0.336.